The fraction of sp³-hybridized carbons (Fsp3) is 0.133. The third-order valence-corrected chi connectivity index (χ3v) is 2.94. The van der Waals surface area contributed by atoms with Crippen molar-refractivity contribution in [2.75, 3.05) is 12.4 Å². The van der Waals surface area contributed by atoms with Crippen molar-refractivity contribution in [1.82, 2.24) is 5.32 Å². The van der Waals surface area contributed by atoms with Crippen LogP contribution >= 0.6 is 0 Å². The summed E-state index contributed by atoms with van der Waals surface area (Å²) in [7, 11) is 1.31. The highest BCUT2D eigenvalue weighted by molar-refractivity contribution is 5.67. The lowest BCUT2D eigenvalue weighted by Gasteiger charge is -2.08. The Morgan fingerprint density at radius 1 is 1.09 bits per heavy atom. The molecule has 22 heavy (non-hydrogen) atoms. The molecule has 0 aliphatic rings. The Bertz CT molecular complexity index is 653. The smallest absolute Gasteiger partial charge is 0.407 e. The van der Waals surface area contributed by atoms with Crippen LogP contribution in [0.4, 0.5) is 21.9 Å². The molecule has 2 rings (SSSR count). The number of nitrogens with zero attached hydrogens (tertiary/aromatic N) is 1. The van der Waals surface area contributed by atoms with Crippen molar-refractivity contribution in [2.24, 2.45) is 0 Å². The molecular weight excluding hydrogens is 286 g/mol. The molecule has 7 nitrogen and oxygen atoms in total. The second-order valence-electron chi connectivity index (χ2n) is 4.47. The SMILES string of the molecule is COC(=O)NCc1ccc(Nc2ccc([N+](=O)[O-])cc2)cc1. The van der Waals surface area contributed by atoms with E-state index >= 15 is 0 Å². The third-order valence-electron chi connectivity index (χ3n) is 2.94. The number of methoxy groups -OCH3 is 1. The number of carbonyl (C=O) groups is 1. The summed E-state index contributed by atoms with van der Waals surface area (Å²) in [5.74, 6) is 0. The second kappa shape index (κ2) is 7.07. The van der Waals surface area contributed by atoms with Gasteiger partial charge in [-0.2, -0.15) is 0 Å². The summed E-state index contributed by atoms with van der Waals surface area (Å²) in [6, 6.07) is 13.6. The van der Waals surface area contributed by atoms with Crippen LogP contribution in [0.2, 0.25) is 0 Å². The van der Waals surface area contributed by atoms with Gasteiger partial charge in [-0.3, -0.25) is 10.1 Å². The first-order valence-corrected chi connectivity index (χ1v) is 6.51. The fourth-order valence-corrected chi connectivity index (χ4v) is 1.79. The van der Waals surface area contributed by atoms with Crippen molar-refractivity contribution in [1.29, 1.82) is 0 Å². The lowest BCUT2D eigenvalue weighted by atomic mass is 10.2. The minimum absolute atomic E-state index is 0.0507. The summed E-state index contributed by atoms with van der Waals surface area (Å²) in [6.07, 6.45) is -0.479. The number of nitro benzene ring substituents is 1. The lowest BCUT2D eigenvalue weighted by molar-refractivity contribution is -0.384. The van der Waals surface area contributed by atoms with E-state index < -0.39 is 11.0 Å². The van der Waals surface area contributed by atoms with Crippen molar-refractivity contribution < 1.29 is 14.5 Å². The quantitative estimate of drug-likeness (QED) is 0.653. The summed E-state index contributed by atoms with van der Waals surface area (Å²) < 4.78 is 4.49. The molecule has 0 unspecified atom stereocenters. The number of hydrogen-bond acceptors (Lipinski definition) is 5. The van der Waals surface area contributed by atoms with E-state index in [1.54, 1.807) is 12.1 Å². The molecule has 114 valence electrons. The van der Waals surface area contributed by atoms with Gasteiger partial charge in [0.2, 0.25) is 0 Å². The van der Waals surface area contributed by atoms with Crippen LogP contribution in [0, 0.1) is 10.1 Å². The summed E-state index contributed by atoms with van der Waals surface area (Å²) >= 11 is 0. The van der Waals surface area contributed by atoms with E-state index in [0.29, 0.717) is 6.54 Å². The topological polar surface area (TPSA) is 93.5 Å². The zero-order valence-electron chi connectivity index (χ0n) is 11.9. The highest BCUT2D eigenvalue weighted by Crippen LogP contribution is 2.20. The van der Waals surface area contributed by atoms with Gasteiger partial charge >= 0.3 is 6.09 Å². The van der Waals surface area contributed by atoms with Crippen LogP contribution in [0.25, 0.3) is 0 Å². The molecule has 0 saturated carbocycles. The highest BCUT2D eigenvalue weighted by atomic mass is 16.6. The first-order chi connectivity index (χ1) is 10.6. The number of rotatable bonds is 5. The number of anilines is 2. The maximum Gasteiger partial charge on any atom is 0.407 e. The molecule has 1 amide bonds. The Morgan fingerprint density at radius 2 is 1.64 bits per heavy atom. The van der Waals surface area contributed by atoms with Gasteiger partial charge in [0.25, 0.3) is 5.69 Å². The number of non-ortho nitro benzene ring substituents is 1. The first kappa shape index (κ1) is 15.3. The Morgan fingerprint density at radius 3 is 2.14 bits per heavy atom. The molecule has 2 N–H and O–H groups in total. The minimum Gasteiger partial charge on any atom is -0.453 e. The van der Waals surface area contributed by atoms with Gasteiger partial charge < -0.3 is 15.4 Å². The number of alkyl carbamates (subject to hydrolysis) is 1. The summed E-state index contributed by atoms with van der Waals surface area (Å²) in [5, 5.41) is 16.3. The van der Waals surface area contributed by atoms with Crippen LogP contribution in [0.3, 0.4) is 0 Å². The first-order valence-electron chi connectivity index (χ1n) is 6.51. The summed E-state index contributed by atoms with van der Waals surface area (Å²) in [5.41, 5.74) is 2.58. The van der Waals surface area contributed by atoms with Gasteiger partial charge in [0, 0.05) is 30.1 Å². The van der Waals surface area contributed by atoms with Crippen LogP contribution < -0.4 is 10.6 Å². The maximum absolute atomic E-state index is 11.0. The number of hydrogen-bond donors (Lipinski definition) is 2. The second-order valence-corrected chi connectivity index (χ2v) is 4.47. The zero-order valence-corrected chi connectivity index (χ0v) is 11.9. The van der Waals surface area contributed by atoms with Crippen molar-refractivity contribution in [3.8, 4) is 0 Å². The molecule has 0 aromatic heterocycles. The minimum atomic E-state index is -0.479. The highest BCUT2D eigenvalue weighted by Gasteiger charge is 2.04. The number of carbonyl (C=O) groups excluding carboxylic acids is 1. The molecule has 0 saturated heterocycles. The Labute approximate surface area is 127 Å². The molecule has 0 aliphatic carbocycles. The number of nitrogens with one attached hydrogen (secondary N) is 2. The van der Waals surface area contributed by atoms with Crippen molar-refractivity contribution in [3.63, 3.8) is 0 Å². The van der Waals surface area contributed by atoms with Crippen LogP contribution in [-0.2, 0) is 11.3 Å². The molecule has 0 fully saturated rings. The van der Waals surface area contributed by atoms with E-state index in [4.69, 9.17) is 0 Å². The van der Waals surface area contributed by atoms with E-state index in [0.717, 1.165) is 16.9 Å². The molecule has 2 aromatic rings. The fourth-order valence-electron chi connectivity index (χ4n) is 1.79. The molecule has 7 heteroatoms. The van der Waals surface area contributed by atoms with Crippen LogP contribution in [-0.4, -0.2) is 18.1 Å². The van der Waals surface area contributed by atoms with E-state index in [1.807, 2.05) is 24.3 Å². The van der Waals surface area contributed by atoms with Crippen LogP contribution in [0.5, 0.6) is 0 Å². The number of ether oxygens (including phenoxy) is 1. The van der Waals surface area contributed by atoms with E-state index in [2.05, 4.69) is 15.4 Å². The largest absolute Gasteiger partial charge is 0.453 e. The number of nitro groups is 1. The molecule has 0 aliphatic heterocycles. The molecule has 0 spiro atoms. The van der Waals surface area contributed by atoms with E-state index in [9.17, 15) is 14.9 Å². The normalized spacial score (nSPS) is 9.86. The van der Waals surface area contributed by atoms with E-state index in [-0.39, 0.29) is 5.69 Å². The molecule has 0 radical (unpaired) electrons. The number of benzene rings is 2. The summed E-state index contributed by atoms with van der Waals surface area (Å²) in [4.78, 5) is 21.1. The average Bonchev–Trinajstić information content (AvgIpc) is 2.54. The predicted octanol–water partition coefficient (Wildman–Crippen LogP) is 3.19. The monoisotopic (exact) mass is 301 g/mol. The standard InChI is InChI=1S/C15H15N3O4/c1-22-15(19)16-10-11-2-4-12(5-3-11)17-13-6-8-14(9-7-13)18(20)21/h2-9,17H,10H2,1H3,(H,16,19). The Balaban J connectivity index is 1.96. The van der Waals surface area contributed by atoms with E-state index in [1.165, 1.54) is 19.2 Å². The Hall–Kier alpha value is -3.09. The van der Waals surface area contributed by atoms with Gasteiger partial charge in [0.15, 0.2) is 0 Å². The van der Waals surface area contributed by atoms with Crippen molar-refractivity contribution in [2.45, 2.75) is 6.54 Å². The third kappa shape index (κ3) is 4.20. The number of amides is 1. The molecule has 0 heterocycles. The van der Waals surface area contributed by atoms with Crippen molar-refractivity contribution >= 4 is 23.2 Å². The van der Waals surface area contributed by atoms with Gasteiger partial charge in [0.05, 0.1) is 12.0 Å². The van der Waals surface area contributed by atoms with Crippen LogP contribution in [0.15, 0.2) is 48.5 Å². The van der Waals surface area contributed by atoms with Gasteiger partial charge in [-0.1, -0.05) is 12.1 Å². The lowest BCUT2D eigenvalue weighted by Crippen LogP contribution is -2.22. The maximum atomic E-state index is 11.0. The molecule has 0 bridgehead atoms. The average molecular weight is 301 g/mol. The molecule has 2 aromatic carbocycles. The van der Waals surface area contributed by atoms with Gasteiger partial charge in [-0.25, -0.2) is 4.79 Å². The van der Waals surface area contributed by atoms with Gasteiger partial charge in [0.1, 0.15) is 0 Å². The predicted molar refractivity (Wildman–Crippen MR) is 82.1 cm³/mol. The van der Waals surface area contributed by atoms with Crippen molar-refractivity contribution in [3.05, 3.63) is 64.2 Å². The van der Waals surface area contributed by atoms with Crippen LogP contribution in [0.1, 0.15) is 5.56 Å². The zero-order chi connectivity index (χ0) is 15.9. The molecular formula is C15H15N3O4. The summed E-state index contributed by atoms with van der Waals surface area (Å²) in [6.45, 7) is 0.379. The molecule has 0 atom stereocenters. The van der Waals surface area contributed by atoms with Gasteiger partial charge in [-0.05, 0) is 29.8 Å². The van der Waals surface area contributed by atoms with Gasteiger partial charge in [-0.15, -0.1) is 0 Å². The Kier molecular flexibility index (Phi) is 4.92.